The van der Waals surface area contributed by atoms with E-state index in [-0.39, 0.29) is 0 Å². The van der Waals surface area contributed by atoms with Crippen LogP contribution in [0, 0.1) is 6.92 Å². The maximum atomic E-state index is 4.67. The summed E-state index contributed by atoms with van der Waals surface area (Å²) in [5, 5.41) is 0. The van der Waals surface area contributed by atoms with E-state index in [2.05, 4.69) is 20.4 Å². The number of aryl methyl sites for hydroxylation is 1. The van der Waals surface area contributed by atoms with Crippen molar-refractivity contribution in [2.24, 2.45) is 0 Å². The Labute approximate surface area is 99.4 Å². The van der Waals surface area contributed by atoms with E-state index in [1.807, 2.05) is 50.5 Å². The number of hydrogen-bond donors (Lipinski definition) is 0. The van der Waals surface area contributed by atoms with Crippen LogP contribution in [0.5, 0.6) is 0 Å². The predicted molar refractivity (Wildman–Crippen MR) is 69.9 cm³/mol. The van der Waals surface area contributed by atoms with Gasteiger partial charge in [0.05, 0.1) is 11.7 Å². The average Bonchev–Trinajstić information content (AvgIpc) is 2.72. The molecule has 0 saturated carbocycles. The van der Waals surface area contributed by atoms with Crippen molar-refractivity contribution < 1.29 is 0 Å². The highest BCUT2D eigenvalue weighted by Crippen LogP contribution is 2.22. The maximum Gasteiger partial charge on any atom is 0.137 e. The Morgan fingerprint density at radius 2 is 2.18 bits per heavy atom. The fourth-order valence-electron chi connectivity index (χ4n) is 2.10. The topological polar surface area (TPSA) is 30.2 Å². The summed E-state index contributed by atoms with van der Waals surface area (Å²) in [5.74, 6) is 0. The molecule has 3 aromatic rings. The number of rotatable bonds is 1. The normalized spacial score (nSPS) is 11.9. The molecular formula is C14H13N3. The average molecular weight is 223 g/mol. The Balaban J connectivity index is 2.51. The largest absolute Gasteiger partial charge is 0.298 e. The van der Waals surface area contributed by atoms with Crippen LogP contribution in [0.2, 0.25) is 0 Å². The van der Waals surface area contributed by atoms with Crippen molar-refractivity contribution in [1.29, 1.82) is 0 Å². The van der Waals surface area contributed by atoms with Crippen LogP contribution < -0.4 is 0 Å². The molecule has 0 aliphatic heterocycles. The maximum absolute atomic E-state index is 4.67. The summed E-state index contributed by atoms with van der Waals surface area (Å²) in [6, 6.07) is 6.01. The lowest BCUT2D eigenvalue weighted by atomic mass is 10.1. The van der Waals surface area contributed by atoms with Gasteiger partial charge in [-0.15, -0.1) is 0 Å². The van der Waals surface area contributed by atoms with Crippen molar-refractivity contribution in [3.8, 4) is 0 Å². The Kier molecular flexibility index (Phi) is 2.18. The molecule has 0 saturated heterocycles. The third-order valence-electron chi connectivity index (χ3n) is 2.93. The van der Waals surface area contributed by atoms with Crippen molar-refractivity contribution in [3.05, 3.63) is 47.9 Å². The molecule has 0 aliphatic carbocycles. The van der Waals surface area contributed by atoms with Gasteiger partial charge in [-0.1, -0.05) is 18.2 Å². The van der Waals surface area contributed by atoms with Crippen LogP contribution >= 0.6 is 0 Å². The summed E-state index contributed by atoms with van der Waals surface area (Å²) in [6.07, 6.45) is 7.99. The molecule has 84 valence electrons. The molecule has 3 nitrogen and oxygen atoms in total. The van der Waals surface area contributed by atoms with Crippen molar-refractivity contribution >= 4 is 22.8 Å². The summed E-state index contributed by atoms with van der Waals surface area (Å²) < 4.78 is 2.06. The van der Waals surface area contributed by atoms with Crippen LogP contribution in [0.15, 0.2) is 36.7 Å². The molecule has 0 spiro atoms. The van der Waals surface area contributed by atoms with Gasteiger partial charge in [-0.2, -0.15) is 0 Å². The van der Waals surface area contributed by atoms with E-state index in [1.54, 1.807) is 0 Å². The highest BCUT2D eigenvalue weighted by atomic mass is 15.0. The van der Waals surface area contributed by atoms with Crippen molar-refractivity contribution in [1.82, 2.24) is 14.4 Å². The molecule has 0 amide bonds. The Bertz CT molecular complexity index is 723. The number of pyridine rings is 2. The van der Waals surface area contributed by atoms with Gasteiger partial charge in [0.1, 0.15) is 11.2 Å². The summed E-state index contributed by atoms with van der Waals surface area (Å²) in [5.41, 5.74) is 5.15. The minimum absolute atomic E-state index is 0.959. The Morgan fingerprint density at radius 1 is 1.29 bits per heavy atom. The van der Waals surface area contributed by atoms with Crippen LogP contribution in [0.3, 0.4) is 0 Å². The van der Waals surface area contributed by atoms with Crippen LogP contribution in [0.1, 0.15) is 18.2 Å². The van der Waals surface area contributed by atoms with E-state index in [1.165, 1.54) is 0 Å². The SMILES string of the molecule is C/C=C\c1c(C)ncc2c1nc1ccccn12. The second kappa shape index (κ2) is 3.70. The van der Waals surface area contributed by atoms with Crippen LogP contribution in [0.25, 0.3) is 22.8 Å². The predicted octanol–water partition coefficient (Wildman–Crippen LogP) is 3.22. The first-order valence-electron chi connectivity index (χ1n) is 5.66. The Hall–Kier alpha value is -2.16. The molecule has 0 radical (unpaired) electrons. The highest BCUT2D eigenvalue weighted by Gasteiger charge is 2.09. The smallest absolute Gasteiger partial charge is 0.137 e. The molecule has 0 aromatic carbocycles. The van der Waals surface area contributed by atoms with E-state index >= 15 is 0 Å². The van der Waals surface area contributed by atoms with Crippen LogP contribution in [0.4, 0.5) is 0 Å². The lowest BCUT2D eigenvalue weighted by Crippen LogP contribution is -1.89. The van der Waals surface area contributed by atoms with Gasteiger partial charge in [-0.05, 0) is 26.0 Å². The lowest BCUT2D eigenvalue weighted by Gasteiger charge is -2.00. The molecule has 0 N–H and O–H groups in total. The number of fused-ring (bicyclic) bond motifs is 3. The van der Waals surface area contributed by atoms with E-state index in [4.69, 9.17) is 0 Å². The van der Waals surface area contributed by atoms with Gasteiger partial charge in [-0.25, -0.2) is 4.98 Å². The van der Waals surface area contributed by atoms with Gasteiger partial charge in [0.2, 0.25) is 0 Å². The fourth-order valence-corrected chi connectivity index (χ4v) is 2.10. The van der Waals surface area contributed by atoms with Gasteiger partial charge < -0.3 is 0 Å². The molecule has 3 rings (SSSR count). The van der Waals surface area contributed by atoms with Gasteiger partial charge in [0.25, 0.3) is 0 Å². The van der Waals surface area contributed by atoms with E-state index in [0.29, 0.717) is 0 Å². The molecular weight excluding hydrogens is 210 g/mol. The highest BCUT2D eigenvalue weighted by molar-refractivity contribution is 5.88. The number of allylic oxidation sites excluding steroid dienone is 1. The van der Waals surface area contributed by atoms with E-state index < -0.39 is 0 Å². The zero-order valence-corrected chi connectivity index (χ0v) is 9.88. The molecule has 0 bridgehead atoms. The third kappa shape index (κ3) is 1.43. The minimum Gasteiger partial charge on any atom is -0.298 e. The monoisotopic (exact) mass is 223 g/mol. The number of aromatic nitrogens is 3. The Morgan fingerprint density at radius 3 is 3.00 bits per heavy atom. The molecule has 17 heavy (non-hydrogen) atoms. The van der Waals surface area contributed by atoms with Gasteiger partial charge in [0.15, 0.2) is 0 Å². The standard InChI is InChI=1S/C14H13N3/c1-3-6-11-10(2)15-9-12-14(11)16-13-7-4-5-8-17(12)13/h3-9H,1-2H3/b6-3-. The van der Waals surface area contributed by atoms with Crippen molar-refractivity contribution in [2.75, 3.05) is 0 Å². The van der Waals surface area contributed by atoms with E-state index in [9.17, 15) is 0 Å². The first-order chi connectivity index (χ1) is 8.31. The van der Waals surface area contributed by atoms with Crippen molar-refractivity contribution in [2.45, 2.75) is 13.8 Å². The molecule has 0 unspecified atom stereocenters. The zero-order chi connectivity index (χ0) is 11.8. The summed E-state index contributed by atoms with van der Waals surface area (Å²) in [4.78, 5) is 9.10. The number of imidazole rings is 1. The second-order valence-electron chi connectivity index (χ2n) is 4.03. The molecule has 0 aliphatic rings. The fraction of sp³-hybridized carbons (Fsp3) is 0.143. The minimum atomic E-state index is 0.959. The quantitative estimate of drug-likeness (QED) is 0.634. The van der Waals surface area contributed by atoms with Crippen molar-refractivity contribution in [3.63, 3.8) is 0 Å². The lowest BCUT2D eigenvalue weighted by molar-refractivity contribution is 1.18. The summed E-state index contributed by atoms with van der Waals surface area (Å²) in [6.45, 7) is 4.02. The van der Waals surface area contributed by atoms with E-state index in [0.717, 1.165) is 27.9 Å². The first-order valence-corrected chi connectivity index (χ1v) is 5.66. The van der Waals surface area contributed by atoms with Gasteiger partial charge >= 0.3 is 0 Å². The molecule has 0 atom stereocenters. The summed E-state index contributed by atoms with van der Waals surface area (Å²) in [7, 11) is 0. The molecule has 3 heterocycles. The first kappa shape index (κ1) is 10.0. The zero-order valence-electron chi connectivity index (χ0n) is 9.88. The number of hydrogen-bond acceptors (Lipinski definition) is 2. The second-order valence-corrected chi connectivity index (χ2v) is 4.03. The molecule has 3 aromatic heterocycles. The molecule has 3 heteroatoms. The van der Waals surface area contributed by atoms with Crippen LogP contribution in [-0.2, 0) is 0 Å². The number of nitrogens with zero attached hydrogens (tertiary/aromatic N) is 3. The molecule has 0 fully saturated rings. The summed E-state index contributed by atoms with van der Waals surface area (Å²) >= 11 is 0. The van der Waals surface area contributed by atoms with Gasteiger partial charge in [0, 0.05) is 17.5 Å². The van der Waals surface area contributed by atoms with Crippen LogP contribution in [-0.4, -0.2) is 14.4 Å². The van der Waals surface area contributed by atoms with Gasteiger partial charge in [-0.3, -0.25) is 9.38 Å². The third-order valence-corrected chi connectivity index (χ3v) is 2.93.